The molecule has 1 aliphatic heterocycles. The Bertz CT molecular complexity index is 2320. The number of hydrogen-bond acceptors (Lipinski definition) is 10. The quantitative estimate of drug-likeness (QED) is 0.0235. The molecule has 12 atom stereocenters. The van der Waals surface area contributed by atoms with Gasteiger partial charge in [0.25, 0.3) is 0 Å². The van der Waals surface area contributed by atoms with Crippen molar-refractivity contribution in [3.05, 3.63) is 65.8 Å². The highest BCUT2D eigenvalue weighted by molar-refractivity contribution is 5.97. The topological polar surface area (TPSA) is 174 Å². The minimum absolute atomic E-state index is 0.00266. The molecular weight excluding hydrogens is 905 g/mol. The lowest BCUT2D eigenvalue weighted by molar-refractivity contribution is -0.125. The fourth-order valence-corrected chi connectivity index (χ4v) is 15.0. The number of ketones is 1. The summed E-state index contributed by atoms with van der Waals surface area (Å²) >= 11 is 0. The van der Waals surface area contributed by atoms with Crippen LogP contribution in [0.4, 0.5) is 5.69 Å². The van der Waals surface area contributed by atoms with Crippen molar-refractivity contribution in [1.82, 2.24) is 10.6 Å². The molecule has 12 nitrogen and oxygen atoms in total. The van der Waals surface area contributed by atoms with Crippen molar-refractivity contribution in [2.45, 2.75) is 160 Å². The van der Waals surface area contributed by atoms with Crippen LogP contribution in [0.1, 0.15) is 147 Å². The van der Waals surface area contributed by atoms with Crippen molar-refractivity contribution in [1.29, 1.82) is 0 Å². The number of aliphatic hydroxyl groups excluding tert-OH is 2. The van der Waals surface area contributed by atoms with E-state index in [9.17, 15) is 20.4 Å². The highest BCUT2D eigenvalue weighted by atomic mass is 16.6. The van der Waals surface area contributed by atoms with Crippen LogP contribution in [0.15, 0.2) is 59.6 Å². The number of carbonyl (C=O) groups excluding carboxylic acids is 1. The van der Waals surface area contributed by atoms with Gasteiger partial charge in [-0.25, -0.2) is 0 Å². The van der Waals surface area contributed by atoms with Crippen LogP contribution in [0.3, 0.4) is 0 Å². The molecule has 0 radical (unpaired) electrons. The summed E-state index contributed by atoms with van der Waals surface area (Å²) in [5, 5.41) is 54.7. The number of anilines is 1. The van der Waals surface area contributed by atoms with E-state index in [2.05, 4.69) is 77.1 Å². The van der Waals surface area contributed by atoms with Gasteiger partial charge in [-0.2, -0.15) is 0 Å². The van der Waals surface area contributed by atoms with Crippen molar-refractivity contribution >= 4 is 17.4 Å². The average molecular weight is 991 g/mol. The van der Waals surface area contributed by atoms with E-state index in [-0.39, 0.29) is 59.4 Å². The van der Waals surface area contributed by atoms with Crippen LogP contribution in [0.2, 0.25) is 0 Å². The summed E-state index contributed by atoms with van der Waals surface area (Å²) in [6.45, 7) is 5.71. The Morgan fingerprint density at radius 1 is 0.986 bits per heavy atom. The fourth-order valence-electron chi connectivity index (χ4n) is 15.0. The number of methoxy groups -OCH3 is 1. The monoisotopic (exact) mass is 991 g/mol. The van der Waals surface area contributed by atoms with Crippen LogP contribution in [-0.4, -0.2) is 85.0 Å². The number of aliphatic imine (C=N–C) groups is 1. The first kappa shape index (κ1) is 53.7. The molecule has 5 aliphatic carbocycles. The Kier molecular flexibility index (Phi) is 18.1. The number of phenolic OH excluding ortho intramolecular Hbond substituents is 2. The fraction of sp³-hybridized carbons (Fsp3) is 0.667. The molecule has 2 bridgehead atoms. The predicted molar refractivity (Wildman–Crippen MR) is 285 cm³/mol. The van der Waals surface area contributed by atoms with Crippen LogP contribution in [0.25, 0.3) is 0 Å². The molecule has 72 heavy (non-hydrogen) atoms. The van der Waals surface area contributed by atoms with E-state index < -0.39 is 22.7 Å². The number of ether oxygens (including phenoxy) is 3. The maximum Gasteiger partial charge on any atom is 0.207 e. The van der Waals surface area contributed by atoms with Gasteiger partial charge >= 0.3 is 0 Å². The molecule has 394 valence electrons. The minimum Gasteiger partial charge on any atom is -0.504 e. The average Bonchev–Trinajstić information content (AvgIpc) is 4.12. The number of phenols is 2. The van der Waals surface area contributed by atoms with Crippen LogP contribution >= 0.6 is 0 Å². The first-order valence-corrected chi connectivity index (χ1v) is 27.8. The lowest BCUT2D eigenvalue weighted by Gasteiger charge is -2.58. The number of likely N-dealkylation sites (N-methyl/N-ethyl adjacent to an activating group) is 1. The van der Waals surface area contributed by atoms with Gasteiger partial charge in [0.2, 0.25) is 5.96 Å². The van der Waals surface area contributed by atoms with Gasteiger partial charge in [-0.15, -0.1) is 0 Å². The van der Waals surface area contributed by atoms with Gasteiger partial charge in [-0.3, -0.25) is 15.1 Å². The molecule has 8 rings (SSSR count). The van der Waals surface area contributed by atoms with E-state index in [4.69, 9.17) is 14.2 Å². The second-order valence-corrected chi connectivity index (χ2v) is 22.5. The largest absolute Gasteiger partial charge is 0.504 e. The van der Waals surface area contributed by atoms with Crippen molar-refractivity contribution in [2.24, 2.45) is 57.8 Å². The third-order valence-corrected chi connectivity index (χ3v) is 18.4. The second kappa shape index (κ2) is 24.2. The molecule has 2 aromatic carbocycles. The van der Waals surface area contributed by atoms with Crippen LogP contribution in [0.5, 0.6) is 23.0 Å². The number of nitrogens with zero attached hydrogens (tertiary/aromatic N) is 1. The van der Waals surface area contributed by atoms with Crippen LogP contribution < -0.4 is 25.4 Å². The van der Waals surface area contributed by atoms with E-state index >= 15 is 4.79 Å². The molecule has 1 spiro atoms. The number of allylic oxidation sites excluding steroid dienone is 4. The van der Waals surface area contributed by atoms with Gasteiger partial charge in [0.1, 0.15) is 5.60 Å². The predicted octanol–water partition coefficient (Wildman–Crippen LogP) is 10.3. The van der Waals surface area contributed by atoms with E-state index in [1.165, 1.54) is 0 Å². The standard InChI is InChI=1S/C60H86N4O8/c1-6-8-9-10-31-71-55(68)34-42-25-28-58(37-42,39-61-3)72-53-36-44-35-50(56(53)69)64-57(62-4)63-29-13-16-43-15-11-26-59(43,38-41-20-23-51(66)52(33-41)70-5)54(67)24-22-49-47-32-40(7-2)19-21-45(47)46(17-14-30-65)48-18-12-27-60(44,48)49/h19-24,33,35-36,40,42-43,45-49,55,61,65-66,68-69H,6-12,14-18,25-28,30-32,34,37-39H2,1-5H3,(H2,62,63,64). The Balaban J connectivity index is 1.26. The van der Waals surface area contributed by atoms with Gasteiger partial charge < -0.3 is 45.3 Å². The third kappa shape index (κ3) is 11.3. The van der Waals surface area contributed by atoms with Gasteiger partial charge in [0.05, 0.1) is 12.8 Å². The van der Waals surface area contributed by atoms with Crippen molar-refractivity contribution < 1.29 is 39.4 Å². The molecule has 12 heteroatoms. The maximum absolute atomic E-state index is 15.6. The smallest absolute Gasteiger partial charge is 0.207 e. The number of hydrogen-bond donors (Lipinski definition) is 7. The van der Waals surface area contributed by atoms with Crippen LogP contribution in [-0.2, 0) is 21.4 Å². The summed E-state index contributed by atoms with van der Waals surface area (Å²) in [5.74, 6) is 6.38. The number of aromatic hydroxyl groups is 2. The zero-order valence-corrected chi connectivity index (χ0v) is 44.0. The zero-order chi connectivity index (χ0) is 50.9. The van der Waals surface area contributed by atoms with Crippen molar-refractivity contribution in [2.75, 3.05) is 46.3 Å². The highest BCUT2D eigenvalue weighted by Crippen LogP contribution is 2.66. The SMILES string of the molecule is CCCCCCOC(O)CC1CCC(CNC)(Oc2cc3cc(c2O)NC(=NC)NC#CCC2CCCC2(Cc2ccc(O)c(OC)c2)C(=O)C=CC2C4CC(CC)C=CC4C(CCCO)C4CCCC324)C1. The van der Waals surface area contributed by atoms with E-state index in [0.717, 1.165) is 114 Å². The number of unbranched alkanes of at least 4 members (excludes halogenated alkanes) is 3. The molecule has 4 fully saturated rings. The number of benzene rings is 2. The van der Waals surface area contributed by atoms with E-state index in [1.807, 2.05) is 25.3 Å². The number of rotatable bonds is 19. The molecule has 0 amide bonds. The molecule has 1 heterocycles. The Hall–Kier alpha value is -4.54. The number of carbonyl (C=O) groups is 1. The summed E-state index contributed by atoms with van der Waals surface area (Å²) in [6, 6.07) is 12.9. The molecule has 4 saturated carbocycles. The summed E-state index contributed by atoms with van der Waals surface area (Å²) < 4.78 is 18.8. The number of guanidine groups is 1. The molecule has 2 aromatic rings. The third-order valence-electron chi connectivity index (χ3n) is 18.4. The molecule has 0 saturated heterocycles. The molecular formula is C60H86N4O8. The maximum atomic E-state index is 15.6. The second-order valence-electron chi connectivity index (χ2n) is 22.5. The van der Waals surface area contributed by atoms with Gasteiger partial charge in [-0.05, 0) is 179 Å². The lowest BCUT2D eigenvalue weighted by atomic mass is 9.46. The highest BCUT2D eigenvalue weighted by Gasteiger charge is 2.61. The molecule has 7 N–H and O–H groups in total. The molecule has 12 unspecified atom stereocenters. The number of fused-ring (bicyclic) bond motifs is 5. The first-order chi connectivity index (χ1) is 35.0. The van der Waals surface area contributed by atoms with Gasteiger partial charge in [0, 0.05) is 56.5 Å². The van der Waals surface area contributed by atoms with Crippen molar-refractivity contribution in [3.8, 4) is 35.0 Å². The van der Waals surface area contributed by atoms with E-state index in [0.29, 0.717) is 73.8 Å². The molecule has 0 aromatic heterocycles. The number of nitrogens with one attached hydrogen (secondary N) is 3. The normalized spacial score (nSPS) is 32.9. The summed E-state index contributed by atoms with van der Waals surface area (Å²) in [4.78, 5) is 20.2. The van der Waals surface area contributed by atoms with Crippen molar-refractivity contribution in [3.63, 3.8) is 0 Å². The first-order valence-electron chi connectivity index (χ1n) is 27.8. The summed E-state index contributed by atoms with van der Waals surface area (Å²) in [6.07, 6.45) is 25.7. The summed E-state index contributed by atoms with van der Waals surface area (Å²) in [7, 11) is 5.19. The van der Waals surface area contributed by atoms with Gasteiger partial charge in [0.15, 0.2) is 35.1 Å². The summed E-state index contributed by atoms with van der Waals surface area (Å²) in [5.41, 5.74) is 0.694. The zero-order valence-electron chi connectivity index (χ0n) is 44.0. The minimum atomic E-state index is -0.839. The Labute approximate surface area is 430 Å². The Morgan fingerprint density at radius 3 is 2.61 bits per heavy atom. The van der Waals surface area contributed by atoms with Gasteiger partial charge in [-0.1, -0.05) is 76.2 Å². The number of aliphatic hydroxyl groups is 2. The van der Waals surface area contributed by atoms with Crippen LogP contribution in [0, 0.1) is 64.7 Å². The Morgan fingerprint density at radius 2 is 1.83 bits per heavy atom. The van der Waals surface area contributed by atoms with E-state index in [1.54, 1.807) is 20.2 Å². The molecule has 6 aliphatic rings. The lowest BCUT2D eigenvalue weighted by Crippen LogP contribution is -2.54.